The fourth-order valence-corrected chi connectivity index (χ4v) is 4.59. The zero-order valence-electron chi connectivity index (χ0n) is 12.6. The molecule has 5 nitrogen and oxygen atoms in total. The topological polar surface area (TPSA) is 70.6 Å². The van der Waals surface area contributed by atoms with Gasteiger partial charge < -0.3 is 20.5 Å². The molecule has 2 aromatic rings. The van der Waals surface area contributed by atoms with Crippen LogP contribution in [0.2, 0.25) is 0 Å². The number of aromatic hydroxyl groups is 1. The number of rotatable bonds is 2. The minimum atomic E-state index is -0.562. The van der Waals surface area contributed by atoms with Crippen LogP contribution in [0.1, 0.15) is 32.5 Å². The fraction of sp³-hybridized carbons (Fsp3) is 0.267. The molecule has 122 valence electrons. The molecule has 3 rings (SSSR count). The lowest BCUT2D eigenvalue weighted by atomic mass is 10.1. The Morgan fingerprint density at radius 3 is 2.65 bits per heavy atom. The van der Waals surface area contributed by atoms with Gasteiger partial charge in [0.05, 0.1) is 18.2 Å². The predicted molar refractivity (Wildman–Crippen MR) is 97.7 cm³/mol. The van der Waals surface area contributed by atoms with E-state index in [1.165, 1.54) is 18.4 Å². The van der Waals surface area contributed by atoms with Crippen molar-refractivity contribution in [2.45, 2.75) is 20.0 Å². The summed E-state index contributed by atoms with van der Waals surface area (Å²) in [7, 11) is 1.48. The third-order valence-corrected chi connectivity index (χ3v) is 7.01. The van der Waals surface area contributed by atoms with Crippen molar-refractivity contribution < 1.29 is 14.6 Å². The summed E-state index contributed by atoms with van der Waals surface area (Å²) in [5, 5.41) is 17.5. The van der Waals surface area contributed by atoms with E-state index in [4.69, 9.17) is 4.74 Å². The molecule has 1 unspecified atom stereocenters. The first-order valence-electron chi connectivity index (χ1n) is 6.77. The number of hydrogen-bond acceptors (Lipinski definition) is 5. The molecule has 0 spiro atoms. The summed E-state index contributed by atoms with van der Waals surface area (Å²) in [6, 6.07) is 1.67. The number of methoxy groups -OCH3 is 1. The lowest BCUT2D eigenvalue weighted by Gasteiger charge is -2.28. The lowest BCUT2D eigenvalue weighted by molar-refractivity contribution is 0.0935. The standard InChI is InChI=1S/C15H14Br2N2O3S/c1-5-6(2)23-15-9(5)14(21)18-13(19-15)10-11(17)7(16)4-8(22-3)12(10)20/h4,13,19-20H,1-3H3,(H,18,21). The Morgan fingerprint density at radius 1 is 1.30 bits per heavy atom. The Kier molecular flexibility index (Phi) is 4.33. The van der Waals surface area contributed by atoms with Crippen molar-refractivity contribution in [3.63, 3.8) is 0 Å². The van der Waals surface area contributed by atoms with E-state index < -0.39 is 6.17 Å². The molecule has 1 amide bonds. The maximum atomic E-state index is 12.5. The van der Waals surface area contributed by atoms with Crippen LogP contribution in [0.25, 0.3) is 0 Å². The molecule has 1 atom stereocenters. The second-order valence-corrected chi connectivity index (χ2v) is 8.05. The van der Waals surface area contributed by atoms with Gasteiger partial charge in [0.1, 0.15) is 11.2 Å². The van der Waals surface area contributed by atoms with Crippen molar-refractivity contribution in [1.29, 1.82) is 0 Å². The number of thiophene rings is 1. The van der Waals surface area contributed by atoms with Crippen molar-refractivity contribution in [2.24, 2.45) is 0 Å². The number of halogens is 2. The molecule has 1 aliphatic heterocycles. The third-order valence-electron chi connectivity index (χ3n) is 3.86. The number of hydrogen-bond donors (Lipinski definition) is 3. The van der Waals surface area contributed by atoms with Gasteiger partial charge in [-0.1, -0.05) is 0 Å². The van der Waals surface area contributed by atoms with Gasteiger partial charge in [-0.25, -0.2) is 0 Å². The van der Waals surface area contributed by atoms with Gasteiger partial charge in [0.25, 0.3) is 5.91 Å². The molecule has 8 heteroatoms. The van der Waals surface area contributed by atoms with Crippen molar-refractivity contribution in [2.75, 3.05) is 12.4 Å². The van der Waals surface area contributed by atoms with Gasteiger partial charge in [0, 0.05) is 13.8 Å². The molecule has 0 saturated carbocycles. The molecule has 1 aromatic carbocycles. The van der Waals surface area contributed by atoms with E-state index in [9.17, 15) is 9.90 Å². The summed E-state index contributed by atoms with van der Waals surface area (Å²) in [5.74, 6) is 0.153. The molecule has 2 heterocycles. The minimum Gasteiger partial charge on any atom is -0.504 e. The van der Waals surface area contributed by atoms with Gasteiger partial charge >= 0.3 is 0 Å². The second-order valence-electron chi connectivity index (χ2n) is 5.18. The SMILES string of the molecule is COc1cc(Br)c(Br)c(C2NC(=O)c3c(sc(C)c3C)N2)c1O. The first kappa shape index (κ1) is 16.6. The average Bonchev–Trinajstić information content (AvgIpc) is 2.78. The largest absolute Gasteiger partial charge is 0.504 e. The van der Waals surface area contributed by atoms with Gasteiger partial charge in [0.15, 0.2) is 11.5 Å². The molecule has 0 saturated heterocycles. The number of fused-ring (bicyclic) bond motifs is 1. The highest BCUT2D eigenvalue weighted by molar-refractivity contribution is 9.13. The van der Waals surface area contributed by atoms with E-state index in [2.05, 4.69) is 42.5 Å². The van der Waals surface area contributed by atoms with Crippen LogP contribution in [-0.4, -0.2) is 18.1 Å². The quantitative estimate of drug-likeness (QED) is 0.617. The van der Waals surface area contributed by atoms with Gasteiger partial charge in [-0.05, 0) is 57.3 Å². The van der Waals surface area contributed by atoms with Crippen molar-refractivity contribution in [3.8, 4) is 11.5 Å². The smallest absolute Gasteiger partial charge is 0.256 e. The highest BCUT2D eigenvalue weighted by Gasteiger charge is 2.32. The van der Waals surface area contributed by atoms with E-state index in [1.807, 2.05) is 13.8 Å². The molecule has 23 heavy (non-hydrogen) atoms. The number of phenolic OH excluding ortho intramolecular Hbond substituents is 1. The third kappa shape index (κ3) is 2.62. The Hall–Kier alpha value is -1.25. The zero-order chi connectivity index (χ0) is 16.9. The number of ether oxygens (including phenoxy) is 1. The van der Waals surface area contributed by atoms with E-state index in [1.54, 1.807) is 6.07 Å². The number of amides is 1. The molecular formula is C15H14Br2N2O3S. The molecule has 0 fully saturated rings. The number of carbonyl (C=O) groups is 1. The van der Waals surface area contributed by atoms with Crippen LogP contribution < -0.4 is 15.4 Å². The molecule has 1 aliphatic rings. The summed E-state index contributed by atoms with van der Waals surface area (Å²) >= 11 is 8.42. The second kappa shape index (κ2) is 5.99. The van der Waals surface area contributed by atoms with Crippen LogP contribution >= 0.6 is 43.2 Å². The highest BCUT2D eigenvalue weighted by Crippen LogP contribution is 2.46. The van der Waals surface area contributed by atoms with Gasteiger partial charge in [0.2, 0.25) is 0 Å². The predicted octanol–water partition coefficient (Wildman–Crippen LogP) is 4.46. The van der Waals surface area contributed by atoms with Crippen LogP contribution in [0.3, 0.4) is 0 Å². The van der Waals surface area contributed by atoms with E-state index in [0.717, 1.165) is 19.9 Å². The molecular weight excluding hydrogens is 448 g/mol. The van der Waals surface area contributed by atoms with Crippen molar-refractivity contribution in [1.82, 2.24) is 5.32 Å². The minimum absolute atomic E-state index is 0.0196. The van der Waals surface area contributed by atoms with Crippen molar-refractivity contribution in [3.05, 3.63) is 36.6 Å². The zero-order valence-corrected chi connectivity index (χ0v) is 16.6. The number of aryl methyl sites for hydroxylation is 1. The van der Waals surface area contributed by atoms with Crippen molar-refractivity contribution >= 4 is 54.1 Å². The number of nitrogens with one attached hydrogen (secondary N) is 2. The number of benzene rings is 1. The Labute approximate surface area is 154 Å². The van der Waals surface area contributed by atoms with E-state index >= 15 is 0 Å². The number of phenols is 1. The summed E-state index contributed by atoms with van der Waals surface area (Å²) in [6.07, 6.45) is -0.562. The first-order chi connectivity index (χ1) is 10.8. The maximum Gasteiger partial charge on any atom is 0.256 e. The van der Waals surface area contributed by atoms with E-state index in [-0.39, 0.29) is 11.7 Å². The Balaban J connectivity index is 2.11. The van der Waals surface area contributed by atoms with Gasteiger partial charge in [-0.15, -0.1) is 11.3 Å². The summed E-state index contributed by atoms with van der Waals surface area (Å²) in [4.78, 5) is 13.6. The van der Waals surface area contributed by atoms with Crippen LogP contribution in [0.4, 0.5) is 5.00 Å². The monoisotopic (exact) mass is 460 g/mol. The van der Waals surface area contributed by atoms with Crippen LogP contribution in [0.15, 0.2) is 15.0 Å². The Morgan fingerprint density at radius 2 is 2.00 bits per heavy atom. The fourth-order valence-electron chi connectivity index (χ4n) is 2.55. The first-order valence-corrected chi connectivity index (χ1v) is 9.17. The number of carbonyl (C=O) groups excluding carboxylic acids is 1. The molecule has 0 bridgehead atoms. The summed E-state index contributed by atoms with van der Waals surface area (Å²) in [6.45, 7) is 3.92. The average molecular weight is 462 g/mol. The molecule has 0 radical (unpaired) electrons. The van der Waals surface area contributed by atoms with Crippen LogP contribution in [-0.2, 0) is 0 Å². The summed E-state index contributed by atoms with van der Waals surface area (Å²) in [5.41, 5.74) is 2.16. The Bertz CT molecular complexity index is 820. The molecule has 1 aromatic heterocycles. The molecule has 0 aliphatic carbocycles. The normalized spacial score (nSPS) is 16.6. The van der Waals surface area contributed by atoms with Gasteiger partial charge in [-0.2, -0.15) is 0 Å². The highest BCUT2D eigenvalue weighted by atomic mass is 79.9. The maximum absolute atomic E-state index is 12.5. The lowest BCUT2D eigenvalue weighted by Crippen LogP contribution is -2.38. The van der Waals surface area contributed by atoms with Crippen LogP contribution in [0.5, 0.6) is 11.5 Å². The summed E-state index contributed by atoms with van der Waals surface area (Å²) < 4.78 is 6.57. The number of anilines is 1. The molecule has 3 N–H and O–H groups in total. The van der Waals surface area contributed by atoms with Crippen LogP contribution in [0, 0.1) is 13.8 Å². The van der Waals surface area contributed by atoms with E-state index in [0.29, 0.717) is 21.3 Å². The van der Waals surface area contributed by atoms with Gasteiger partial charge in [-0.3, -0.25) is 4.79 Å².